The number of hydrogen-bond donors (Lipinski definition) is 2. The summed E-state index contributed by atoms with van der Waals surface area (Å²) in [6.45, 7) is 3.17. The normalized spacial score (nSPS) is 12.0. The van der Waals surface area contributed by atoms with Crippen LogP contribution in [0, 0.1) is 0 Å². The fourth-order valence-electron chi connectivity index (χ4n) is 1.64. The van der Waals surface area contributed by atoms with Gasteiger partial charge in [0.2, 0.25) is 0 Å². The molecule has 0 aliphatic heterocycles. The van der Waals surface area contributed by atoms with Crippen LogP contribution >= 0.6 is 11.6 Å². The molecule has 1 aromatic carbocycles. The van der Waals surface area contributed by atoms with Crippen LogP contribution in [0.25, 0.3) is 0 Å². The zero-order chi connectivity index (χ0) is 15.0. The molecular formula is C14H21ClN2O3. The predicted octanol–water partition coefficient (Wildman–Crippen LogP) is 1.72. The van der Waals surface area contributed by atoms with Gasteiger partial charge in [-0.2, -0.15) is 0 Å². The Morgan fingerprint density at radius 2 is 2.25 bits per heavy atom. The monoisotopic (exact) mass is 300 g/mol. The van der Waals surface area contributed by atoms with Crippen molar-refractivity contribution in [2.24, 2.45) is 5.73 Å². The van der Waals surface area contributed by atoms with Gasteiger partial charge in [-0.25, -0.2) is 0 Å². The van der Waals surface area contributed by atoms with E-state index in [1.165, 1.54) is 0 Å². The Balaban J connectivity index is 2.52. The van der Waals surface area contributed by atoms with E-state index in [0.29, 0.717) is 30.5 Å². The van der Waals surface area contributed by atoms with Gasteiger partial charge < -0.3 is 20.5 Å². The average molecular weight is 301 g/mol. The minimum atomic E-state index is -0.593. The molecule has 0 heterocycles. The highest BCUT2D eigenvalue weighted by molar-refractivity contribution is 6.30. The quantitative estimate of drug-likeness (QED) is 0.717. The molecule has 0 radical (unpaired) electrons. The van der Waals surface area contributed by atoms with Gasteiger partial charge in [-0.15, -0.1) is 0 Å². The number of rotatable bonds is 8. The molecule has 0 saturated heterocycles. The zero-order valence-corrected chi connectivity index (χ0v) is 12.6. The minimum Gasteiger partial charge on any atom is -0.481 e. The highest BCUT2D eigenvalue weighted by Gasteiger charge is 2.15. The number of hydrogen-bond acceptors (Lipinski definition) is 4. The number of nitrogens with two attached hydrogens (primary N) is 1. The molecule has 0 fully saturated rings. The van der Waals surface area contributed by atoms with Crippen molar-refractivity contribution in [2.75, 3.05) is 20.3 Å². The second-order valence-electron chi connectivity index (χ2n) is 4.35. The maximum atomic E-state index is 11.8. The summed E-state index contributed by atoms with van der Waals surface area (Å²) in [5.74, 6) is 0.412. The highest BCUT2D eigenvalue weighted by atomic mass is 35.5. The number of amides is 1. The van der Waals surface area contributed by atoms with Crippen LogP contribution < -0.4 is 15.8 Å². The molecule has 112 valence electrons. The summed E-state index contributed by atoms with van der Waals surface area (Å²) in [6.07, 6.45) is 0.174. The van der Waals surface area contributed by atoms with Crippen LogP contribution in [-0.4, -0.2) is 32.3 Å². The maximum absolute atomic E-state index is 11.8. The zero-order valence-electron chi connectivity index (χ0n) is 11.8. The Labute approximate surface area is 124 Å². The van der Waals surface area contributed by atoms with E-state index < -0.39 is 6.10 Å². The fraction of sp³-hybridized carbons (Fsp3) is 0.500. The molecular weight excluding hydrogens is 280 g/mol. The lowest BCUT2D eigenvalue weighted by Crippen LogP contribution is -2.37. The molecule has 1 rings (SSSR count). The maximum Gasteiger partial charge on any atom is 0.260 e. The summed E-state index contributed by atoms with van der Waals surface area (Å²) in [6, 6.07) is 5.17. The Hall–Kier alpha value is -1.30. The lowest BCUT2D eigenvalue weighted by atomic mass is 10.2. The van der Waals surface area contributed by atoms with Crippen molar-refractivity contribution in [3.63, 3.8) is 0 Å². The second-order valence-corrected chi connectivity index (χ2v) is 4.79. The number of methoxy groups -OCH3 is 1. The van der Waals surface area contributed by atoms with Gasteiger partial charge in [0, 0.05) is 37.4 Å². The van der Waals surface area contributed by atoms with Crippen molar-refractivity contribution >= 4 is 17.5 Å². The van der Waals surface area contributed by atoms with Crippen molar-refractivity contribution in [3.8, 4) is 5.75 Å². The third-order valence-corrected chi connectivity index (χ3v) is 2.97. The van der Waals surface area contributed by atoms with Crippen LogP contribution in [0.3, 0.4) is 0 Å². The summed E-state index contributed by atoms with van der Waals surface area (Å²) < 4.78 is 10.5. The number of carbonyl (C=O) groups excluding carboxylic acids is 1. The molecule has 1 unspecified atom stereocenters. The molecule has 0 aliphatic carbocycles. The standard InChI is InChI=1S/C14H21ClN2O3/c1-10(14(18)17-6-3-7-19-2)20-13-5-4-12(15)8-11(13)9-16/h4-5,8,10H,3,6-7,9,16H2,1-2H3,(H,17,18). The van der Waals surface area contributed by atoms with Gasteiger partial charge in [0.1, 0.15) is 5.75 Å². The number of halogens is 1. The van der Waals surface area contributed by atoms with E-state index >= 15 is 0 Å². The second kappa shape index (κ2) is 8.79. The molecule has 5 nitrogen and oxygen atoms in total. The van der Waals surface area contributed by atoms with E-state index in [1.807, 2.05) is 0 Å². The summed E-state index contributed by atoms with van der Waals surface area (Å²) in [5, 5.41) is 3.38. The number of benzene rings is 1. The average Bonchev–Trinajstić information content (AvgIpc) is 2.45. The van der Waals surface area contributed by atoms with Crippen LogP contribution in [-0.2, 0) is 16.1 Å². The van der Waals surface area contributed by atoms with Crippen molar-refractivity contribution in [1.29, 1.82) is 0 Å². The Bertz CT molecular complexity index is 440. The molecule has 1 amide bonds. The molecule has 0 aliphatic rings. The summed E-state index contributed by atoms with van der Waals surface area (Å²) >= 11 is 5.89. The lowest BCUT2D eigenvalue weighted by Gasteiger charge is -2.17. The smallest absolute Gasteiger partial charge is 0.260 e. The van der Waals surface area contributed by atoms with E-state index in [1.54, 1.807) is 32.2 Å². The first-order chi connectivity index (χ1) is 9.58. The summed E-state index contributed by atoms with van der Waals surface area (Å²) in [4.78, 5) is 11.8. The first kappa shape index (κ1) is 16.8. The first-order valence-corrected chi connectivity index (χ1v) is 6.88. The van der Waals surface area contributed by atoms with Gasteiger partial charge in [0.25, 0.3) is 5.91 Å². The molecule has 3 N–H and O–H groups in total. The third kappa shape index (κ3) is 5.36. The van der Waals surface area contributed by atoms with Crippen LogP contribution in [0.2, 0.25) is 5.02 Å². The number of ether oxygens (including phenoxy) is 2. The molecule has 1 atom stereocenters. The molecule has 0 aromatic heterocycles. The molecule has 20 heavy (non-hydrogen) atoms. The topological polar surface area (TPSA) is 73.6 Å². The van der Waals surface area contributed by atoms with Gasteiger partial charge in [-0.05, 0) is 31.5 Å². The highest BCUT2D eigenvalue weighted by Crippen LogP contribution is 2.23. The van der Waals surface area contributed by atoms with Crippen LogP contribution in [0.4, 0.5) is 0 Å². The lowest BCUT2D eigenvalue weighted by molar-refractivity contribution is -0.127. The van der Waals surface area contributed by atoms with Gasteiger partial charge in [0.05, 0.1) is 0 Å². The summed E-state index contributed by atoms with van der Waals surface area (Å²) in [7, 11) is 1.63. The molecule has 1 aromatic rings. The molecule has 0 spiro atoms. The van der Waals surface area contributed by atoms with Crippen LogP contribution in [0.5, 0.6) is 5.75 Å². The largest absolute Gasteiger partial charge is 0.481 e. The van der Waals surface area contributed by atoms with Gasteiger partial charge in [0.15, 0.2) is 6.10 Å². The first-order valence-electron chi connectivity index (χ1n) is 6.50. The van der Waals surface area contributed by atoms with Crippen LogP contribution in [0.15, 0.2) is 18.2 Å². The minimum absolute atomic E-state index is 0.168. The van der Waals surface area contributed by atoms with E-state index in [0.717, 1.165) is 12.0 Å². The van der Waals surface area contributed by atoms with Gasteiger partial charge in [-0.3, -0.25) is 4.79 Å². The molecule has 0 bridgehead atoms. The van der Waals surface area contributed by atoms with E-state index in [4.69, 9.17) is 26.8 Å². The Morgan fingerprint density at radius 1 is 1.50 bits per heavy atom. The van der Waals surface area contributed by atoms with Crippen molar-refractivity contribution in [2.45, 2.75) is 26.0 Å². The van der Waals surface area contributed by atoms with Crippen molar-refractivity contribution < 1.29 is 14.3 Å². The Kier molecular flexibility index (Phi) is 7.36. The van der Waals surface area contributed by atoms with E-state index in [2.05, 4.69) is 5.32 Å². The summed E-state index contributed by atoms with van der Waals surface area (Å²) in [5.41, 5.74) is 6.41. The third-order valence-electron chi connectivity index (χ3n) is 2.74. The van der Waals surface area contributed by atoms with Gasteiger partial charge >= 0.3 is 0 Å². The van der Waals surface area contributed by atoms with E-state index in [-0.39, 0.29) is 5.91 Å². The molecule has 0 saturated carbocycles. The van der Waals surface area contributed by atoms with Crippen LogP contribution in [0.1, 0.15) is 18.9 Å². The predicted molar refractivity (Wildman–Crippen MR) is 78.9 cm³/mol. The van der Waals surface area contributed by atoms with Gasteiger partial charge in [-0.1, -0.05) is 11.6 Å². The fourth-order valence-corrected chi connectivity index (χ4v) is 1.83. The molecule has 6 heteroatoms. The SMILES string of the molecule is COCCCNC(=O)C(C)Oc1ccc(Cl)cc1CN. The van der Waals surface area contributed by atoms with Crippen molar-refractivity contribution in [3.05, 3.63) is 28.8 Å². The number of nitrogens with one attached hydrogen (secondary N) is 1. The van der Waals surface area contributed by atoms with E-state index in [9.17, 15) is 4.79 Å². The number of carbonyl (C=O) groups is 1. The van der Waals surface area contributed by atoms with Crippen molar-refractivity contribution in [1.82, 2.24) is 5.32 Å². The Morgan fingerprint density at radius 3 is 2.90 bits per heavy atom.